The summed E-state index contributed by atoms with van der Waals surface area (Å²) in [4.78, 5) is 10.1. The van der Waals surface area contributed by atoms with Crippen LogP contribution in [-0.4, -0.2) is 73.1 Å². The molecule has 0 spiro atoms. The van der Waals surface area contributed by atoms with Crippen LogP contribution in [0, 0.1) is 0 Å². The van der Waals surface area contributed by atoms with Gasteiger partial charge in [0.1, 0.15) is 12.7 Å². The number of hydrogen-bond donors (Lipinski definition) is 1. The van der Waals surface area contributed by atoms with Gasteiger partial charge in [0.05, 0.1) is 5.71 Å². The number of oxime groups is 1. The average Bonchev–Trinajstić information content (AvgIpc) is 2.68. The van der Waals surface area contributed by atoms with E-state index in [4.69, 9.17) is 28.0 Å². The van der Waals surface area contributed by atoms with Gasteiger partial charge >= 0.3 is 0 Å². The Morgan fingerprint density at radius 3 is 2.54 bits per heavy atom. The normalized spacial score (nSPS) is 23.3. The maximum atomic E-state index is 10.3. The van der Waals surface area contributed by atoms with Gasteiger partial charge in [0.15, 0.2) is 0 Å². The molecule has 7 heteroatoms. The molecule has 1 aromatic rings. The minimum atomic E-state index is -0.540. The highest BCUT2D eigenvalue weighted by atomic mass is 35.5. The summed E-state index contributed by atoms with van der Waals surface area (Å²) in [6, 6.07) is 5.52. The van der Waals surface area contributed by atoms with E-state index in [1.54, 1.807) is 0 Å². The molecule has 0 radical (unpaired) electrons. The SMILES string of the molecule is CN1CCN(C[C@H](O)CO/N=C2\CCCC\C2=C/c2c(Cl)cccc2Cl)CC1. The van der Waals surface area contributed by atoms with Crippen molar-refractivity contribution in [3.63, 3.8) is 0 Å². The molecule has 0 amide bonds. The van der Waals surface area contributed by atoms with Crippen molar-refractivity contribution in [1.82, 2.24) is 9.80 Å². The molecular weight excluding hydrogens is 397 g/mol. The molecule has 3 rings (SSSR count). The summed E-state index contributed by atoms with van der Waals surface area (Å²) in [5, 5.41) is 15.9. The molecule has 154 valence electrons. The minimum Gasteiger partial charge on any atom is -0.393 e. The first-order chi connectivity index (χ1) is 13.5. The van der Waals surface area contributed by atoms with Gasteiger partial charge in [-0.2, -0.15) is 0 Å². The number of aliphatic hydroxyl groups is 1. The van der Waals surface area contributed by atoms with E-state index in [9.17, 15) is 5.11 Å². The molecule has 0 bridgehead atoms. The lowest BCUT2D eigenvalue weighted by molar-refractivity contribution is 0.0107. The van der Waals surface area contributed by atoms with Crippen molar-refractivity contribution in [3.05, 3.63) is 39.4 Å². The van der Waals surface area contributed by atoms with Gasteiger partial charge in [0, 0.05) is 48.3 Å². The van der Waals surface area contributed by atoms with Crippen LogP contribution in [-0.2, 0) is 4.84 Å². The van der Waals surface area contributed by atoms with Gasteiger partial charge < -0.3 is 14.8 Å². The molecule has 1 aliphatic carbocycles. The smallest absolute Gasteiger partial charge is 0.144 e. The summed E-state index contributed by atoms with van der Waals surface area (Å²) >= 11 is 12.6. The Bertz CT molecular complexity index is 695. The summed E-state index contributed by atoms with van der Waals surface area (Å²) < 4.78 is 0. The number of piperazine rings is 1. The fourth-order valence-corrected chi connectivity index (χ4v) is 4.08. The van der Waals surface area contributed by atoms with Crippen LogP contribution in [0.1, 0.15) is 31.2 Å². The number of allylic oxidation sites excluding steroid dienone is 1. The zero-order chi connectivity index (χ0) is 19.9. The number of rotatable bonds is 6. The van der Waals surface area contributed by atoms with Crippen LogP contribution >= 0.6 is 23.2 Å². The van der Waals surface area contributed by atoms with Gasteiger partial charge in [-0.1, -0.05) is 34.4 Å². The van der Waals surface area contributed by atoms with Crippen molar-refractivity contribution in [1.29, 1.82) is 0 Å². The van der Waals surface area contributed by atoms with Crippen molar-refractivity contribution in [2.75, 3.05) is 46.4 Å². The van der Waals surface area contributed by atoms with Crippen LogP contribution in [0.25, 0.3) is 6.08 Å². The van der Waals surface area contributed by atoms with E-state index in [2.05, 4.69) is 22.0 Å². The Morgan fingerprint density at radius 1 is 1.14 bits per heavy atom. The standard InChI is InChI=1S/C21H29Cl2N3O2/c1-25-9-11-26(12-10-25)14-17(27)15-28-24-21-8-3-2-5-16(21)13-18-19(22)6-4-7-20(18)23/h4,6-7,13,17,27H,2-3,5,8-12,14-15H2,1H3/b16-13+,24-21+/t17-/m0/s1. The molecule has 5 nitrogen and oxygen atoms in total. The molecule has 0 unspecified atom stereocenters. The molecule has 1 heterocycles. The van der Waals surface area contributed by atoms with Crippen molar-refractivity contribution in [3.8, 4) is 0 Å². The van der Waals surface area contributed by atoms with Crippen LogP contribution in [0.2, 0.25) is 10.0 Å². The van der Waals surface area contributed by atoms with Gasteiger partial charge in [-0.05, 0) is 56.5 Å². The van der Waals surface area contributed by atoms with Crippen LogP contribution < -0.4 is 0 Å². The molecule has 1 aliphatic heterocycles. The lowest BCUT2D eigenvalue weighted by Crippen LogP contribution is -2.47. The molecule has 2 aliphatic rings. The van der Waals surface area contributed by atoms with E-state index in [0.717, 1.165) is 68.7 Å². The molecule has 0 aromatic heterocycles. The topological polar surface area (TPSA) is 48.3 Å². The van der Waals surface area contributed by atoms with Gasteiger partial charge in [-0.3, -0.25) is 4.90 Å². The summed E-state index contributed by atoms with van der Waals surface area (Å²) in [5.74, 6) is 0. The minimum absolute atomic E-state index is 0.204. The highest BCUT2D eigenvalue weighted by Gasteiger charge is 2.18. The van der Waals surface area contributed by atoms with Gasteiger partial charge in [0.2, 0.25) is 0 Å². The third kappa shape index (κ3) is 6.19. The van der Waals surface area contributed by atoms with Crippen LogP contribution in [0.15, 0.2) is 28.9 Å². The molecule has 1 aromatic carbocycles. The Hall–Kier alpha value is -1.11. The number of benzene rings is 1. The van der Waals surface area contributed by atoms with Crippen molar-refractivity contribution < 1.29 is 9.94 Å². The summed E-state index contributed by atoms with van der Waals surface area (Å²) in [6.07, 6.45) is 5.46. The predicted molar refractivity (Wildman–Crippen MR) is 116 cm³/mol. The molecule has 1 saturated heterocycles. The van der Waals surface area contributed by atoms with Gasteiger partial charge in [-0.15, -0.1) is 0 Å². The van der Waals surface area contributed by atoms with Crippen molar-refractivity contribution in [2.24, 2.45) is 5.16 Å². The Balaban J connectivity index is 1.57. The molecule has 1 atom stereocenters. The molecule has 28 heavy (non-hydrogen) atoms. The van der Waals surface area contributed by atoms with E-state index in [0.29, 0.717) is 16.6 Å². The first-order valence-electron chi connectivity index (χ1n) is 9.95. The maximum absolute atomic E-state index is 10.3. The summed E-state index contributed by atoms with van der Waals surface area (Å²) in [7, 11) is 2.12. The number of halogens is 2. The number of nitrogens with zero attached hydrogens (tertiary/aromatic N) is 3. The number of hydrogen-bond acceptors (Lipinski definition) is 5. The first kappa shape index (κ1) is 21.6. The summed E-state index contributed by atoms with van der Waals surface area (Å²) in [5.41, 5.74) is 2.86. The zero-order valence-electron chi connectivity index (χ0n) is 16.4. The number of likely N-dealkylation sites (N-methyl/N-ethyl adjacent to an activating group) is 1. The van der Waals surface area contributed by atoms with Gasteiger partial charge in [-0.25, -0.2) is 0 Å². The Labute approximate surface area is 177 Å². The fourth-order valence-electron chi connectivity index (χ4n) is 3.58. The second kappa shape index (κ2) is 10.6. The van der Waals surface area contributed by atoms with E-state index >= 15 is 0 Å². The predicted octanol–water partition coefficient (Wildman–Crippen LogP) is 3.93. The quantitative estimate of drug-likeness (QED) is 0.701. The lowest BCUT2D eigenvalue weighted by Gasteiger charge is -2.33. The van der Waals surface area contributed by atoms with E-state index in [1.807, 2.05) is 24.3 Å². The largest absolute Gasteiger partial charge is 0.393 e. The third-order valence-electron chi connectivity index (χ3n) is 5.31. The Morgan fingerprint density at radius 2 is 1.82 bits per heavy atom. The van der Waals surface area contributed by atoms with E-state index in [-0.39, 0.29) is 6.61 Å². The Kier molecular flexibility index (Phi) is 8.18. The second-order valence-electron chi connectivity index (χ2n) is 7.60. The molecule has 1 saturated carbocycles. The van der Waals surface area contributed by atoms with Crippen molar-refractivity contribution in [2.45, 2.75) is 31.8 Å². The van der Waals surface area contributed by atoms with Crippen molar-refractivity contribution >= 4 is 35.0 Å². The first-order valence-corrected chi connectivity index (χ1v) is 10.7. The number of β-amino-alcohol motifs (C(OH)–C–C–N with tert-alkyl or cyclic N) is 1. The highest BCUT2D eigenvalue weighted by molar-refractivity contribution is 6.37. The molecule has 1 N–H and O–H groups in total. The average molecular weight is 426 g/mol. The van der Waals surface area contributed by atoms with Crippen LogP contribution in [0.4, 0.5) is 0 Å². The molecular formula is C21H29Cl2N3O2. The highest BCUT2D eigenvalue weighted by Crippen LogP contribution is 2.30. The maximum Gasteiger partial charge on any atom is 0.144 e. The summed E-state index contributed by atoms with van der Waals surface area (Å²) in [6.45, 7) is 4.86. The van der Waals surface area contributed by atoms with Gasteiger partial charge in [0.25, 0.3) is 0 Å². The van der Waals surface area contributed by atoms with E-state index in [1.165, 1.54) is 0 Å². The van der Waals surface area contributed by atoms with E-state index < -0.39 is 6.10 Å². The number of aliphatic hydroxyl groups excluding tert-OH is 1. The lowest BCUT2D eigenvalue weighted by atomic mass is 9.91. The second-order valence-corrected chi connectivity index (χ2v) is 8.42. The zero-order valence-corrected chi connectivity index (χ0v) is 17.9. The fraction of sp³-hybridized carbons (Fsp3) is 0.571. The third-order valence-corrected chi connectivity index (χ3v) is 5.96. The van der Waals surface area contributed by atoms with Crippen LogP contribution in [0.3, 0.4) is 0 Å². The monoisotopic (exact) mass is 425 g/mol. The van der Waals surface area contributed by atoms with Crippen LogP contribution in [0.5, 0.6) is 0 Å². The molecule has 2 fully saturated rings.